The van der Waals surface area contributed by atoms with E-state index in [0.29, 0.717) is 11.5 Å². The molecule has 1 aromatic carbocycles. The van der Waals surface area contributed by atoms with E-state index < -0.39 is 12.1 Å². The van der Waals surface area contributed by atoms with Crippen LogP contribution in [-0.2, 0) is 0 Å². The molecule has 0 spiro atoms. The van der Waals surface area contributed by atoms with Crippen molar-refractivity contribution in [1.29, 1.82) is 0 Å². The van der Waals surface area contributed by atoms with Crippen LogP contribution in [0.5, 0.6) is 11.5 Å². The van der Waals surface area contributed by atoms with Gasteiger partial charge in [0, 0.05) is 0 Å². The molecule has 0 saturated heterocycles. The summed E-state index contributed by atoms with van der Waals surface area (Å²) in [7, 11) is 3.13. The van der Waals surface area contributed by atoms with E-state index in [0.717, 1.165) is 10.0 Å². The van der Waals surface area contributed by atoms with Gasteiger partial charge in [-0.1, -0.05) is 0 Å². The molecular formula is C11H16BrNO3. The van der Waals surface area contributed by atoms with Crippen molar-refractivity contribution in [1.82, 2.24) is 0 Å². The number of hydrogen-bond donors (Lipinski definition) is 2. The highest BCUT2D eigenvalue weighted by molar-refractivity contribution is 9.10. The summed E-state index contributed by atoms with van der Waals surface area (Å²) in [6, 6.07) is 3.10. The zero-order chi connectivity index (χ0) is 12.3. The first kappa shape index (κ1) is 13.3. The van der Waals surface area contributed by atoms with E-state index in [-0.39, 0.29) is 0 Å². The number of aliphatic hydroxyl groups excluding tert-OH is 1. The minimum absolute atomic E-state index is 0.462. The van der Waals surface area contributed by atoms with Gasteiger partial charge in [-0.2, -0.15) is 0 Å². The smallest absolute Gasteiger partial charge is 0.137 e. The topological polar surface area (TPSA) is 64.7 Å². The lowest BCUT2D eigenvalue weighted by atomic mass is 10.0. The van der Waals surface area contributed by atoms with Gasteiger partial charge in [-0.05, 0) is 40.5 Å². The van der Waals surface area contributed by atoms with Crippen molar-refractivity contribution >= 4 is 15.9 Å². The van der Waals surface area contributed by atoms with Crippen molar-refractivity contribution in [3.63, 3.8) is 0 Å². The number of nitrogens with two attached hydrogens (primary N) is 1. The van der Waals surface area contributed by atoms with E-state index in [4.69, 9.17) is 15.2 Å². The van der Waals surface area contributed by atoms with Crippen LogP contribution in [0.15, 0.2) is 16.6 Å². The van der Waals surface area contributed by atoms with Crippen LogP contribution in [0.3, 0.4) is 0 Å². The van der Waals surface area contributed by atoms with Crippen LogP contribution < -0.4 is 15.2 Å². The lowest BCUT2D eigenvalue weighted by molar-refractivity contribution is 0.164. The van der Waals surface area contributed by atoms with Crippen LogP contribution in [0.1, 0.15) is 18.5 Å². The Kier molecular flexibility index (Phi) is 4.58. The Morgan fingerprint density at radius 3 is 2.00 bits per heavy atom. The molecule has 0 radical (unpaired) electrons. The Hall–Kier alpha value is -0.780. The molecule has 0 saturated carbocycles. The van der Waals surface area contributed by atoms with E-state index in [1.807, 2.05) is 0 Å². The fourth-order valence-electron chi connectivity index (χ4n) is 1.36. The molecule has 3 N–H and O–H groups in total. The van der Waals surface area contributed by atoms with Crippen LogP contribution in [0, 0.1) is 0 Å². The van der Waals surface area contributed by atoms with Crippen molar-refractivity contribution in [2.75, 3.05) is 14.2 Å². The highest BCUT2D eigenvalue weighted by Crippen LogP contribution is 2.37. The van der Waals surface area contributed by atoms with Gasteiger partial charge in [-0.25, -0.2) is 0 Å². The van der Waals surface area contributed by atoms with Gasteiger partial charge < -0.3 is 20.3 Å². The first-order valence-electron chi connectivity index (χ1n) is 4.86. The van der Waals surface area contributed by atoms with Gasteiger partial charge in [0.05, 0.1) is 26.4 Å². The summed E-state index contributed by atoms with van der Waals surface area (Å²) in [5.41, 5.74) is 6.63. The molecule has 1 aromatic rings. The zero-order valence-corrected chi connectivity index (χ0v) is 11.1. The van der Waals surface area contributed by atoms with Crippen molar-refractivity contribution in [3.05, 3.63) is 22.2 Å². The fourth-order valence-corrected chi connectivity index (χ4v) is 1.91. The minimum atomic E-state index is -0.629. The third-order valence-corrected chi connectivity index (χ3v) is 3.15. The fraction of sp³-hybridized carbons (Fsp3) is 0.455. The molecule has 0 unspecified atom stereocenters. The van der Waals surface area contributed by atoms with Crippen molar-refractivity contribution in [3.8, 4) is 11.5 Å². The number of ether oxygens (including phenoxy) is 2. The molecule has 0 aliphatic rings. The molecule has 2 atom stereocenters. The summed E-state index contributed by atoms with van der Waals surface area (Å²) < 4.78 is 11.1. The highest BCUT2D eigenvalue weighted by atomic mass is 79.9. The quantitative estimate of drug-likeness (QED) is 0.888. The Morgan fingerprint density at radius 1 is 1.25 bits per heavy atom. The Balaban J connectivity index is 3.21. The number of benzene rings is 1. The number of hydrogen-bond acceptors (Lipinski definition) is 4. The van der Waals surface area contributed by atoms with Crippen LogP contribution in [0.4, 0.5) is 0 Å². The van der Waals surface area contributed by atoms with E-state index >= 15 is 0 Å². The summed E-state index contributed by atoms with van der Waals surface area (Å²) in [6.07, 6.45) is -0.629. The van der Waals surface area contributed by atoms with Gasteiger partial charge in [0.2, 0.25) is 0 Å². The second kappa shape index (κ2) is 5.52. The largest absolute Gasteiger partial charge is 0.495 e. The number of methoxy groups -OCH3 is 2. The number of aliphatic hydroxyl groups is 1. The summed E-state index contributed by atoms with van der Waals surface area (Å²) in [4.78, 5) is 0. The maximum Gasteiger partial charge on any atom is 0.137 e. The molecule has 0 fully saturated rings. The molecular weight excluding hydrogens is 274 g/mol. The third-order valence-electron chi connectivity index (χ3n) is 2.37. The van der Waals surface area contributed by atoms with E-state index in [1.54, 1.807) is 33.3 Å². The maximum atomic E-state index is 9.45. The Labute approximate surface area is 103 Å². The summed E-state index contributed by atoms with van der Waals surface area (Å²) in [6.45, 7) is 1.64. The van der Waals surface area contributed by atoms with Crippen molar-refractivity contribution in [2.45, 2.75) is 19.1 Å². The average molecular weight is 290 g/mol. The normalized spacial score (nSPS) is 14.4. The van der Waals surface area contributed by atoms with Gasteiger partial charge in [-0.15, -0.1) is 0 Å². The zero-order valence-electron chi connectivity index (χ0n) is 9.53. The van der Waals surface area contributed by atoms with Gasteiger partial charge in [0.15, 0.2) is 0 Å². The number of rotatable bonds is 4. The van der Waals surface area contributed by atoms with Crippen LogP contribution in [0.2, 0.25) is 0 Å². The van der Waals surface area contributed by atoms with Gasteiger partial charge >= 0.3 is 0 Å². The molecule has 4 nitrogen and oxygen atoms in total. The Morgan fingerprint density at radius 2 is 1.69 bits per heavy atom. The van der Waals surface area contributed by atoms with E-state index in [1.165, 1.54) is 0 Å². The molecule has 90 valence electrons. The van der Waals surface area contributed by atoms with Gasteiger partial charge in [-0.3, -0.25) is 0 Å². The number of halogens is 1. The van der Waals surface area contributed by atoms with Crippen LogP contribution >= 0.6 is 15.9 Å². The molecule has 16 heavy (non-hydrogen) atoms. The monoisotopic (exact) mass is 289 g/mol. The molecule has 0 aliphatic heterocycles. The lowest BCUT2D eigenvalue weighted by Crippen LogP contribution is -2.23. The predicted molar refractivity (Wildman–Crippen MR) is 65.9 cm³/mol. The van der Waals surface area contributed by atoms with Gasteiger partial charge in [0.1, 0.15) is 16.0 Å². The minimum Gasteiger partial charge on any atom is -0.495 e. The molecule has 0 heterocycles. The predicted octanol–water partition coefficient (Wildman–Crippen LogP) is 1.85. The molecule has 0 aliphatic carbocycles. The molecule has 0 amide bonds. The highest BCUT2D eigenvalue weighted by Gasteiger charge is 2.17. The standard InChI is InChI=1S/C11H16BrNO3/c1-6(14)11(13)7-4-8(15-2)10(12)9(5-7)16-3/h4-6,11,14H,13H2,1-3H3/t6-,11-/m1/s1. The second-order valence-electron chi connectivity index (χ2n) is 3.51. The third kappa shape index (κ3) is 2.66. The lowest BCUT2D eigenvalue weighted by Gasteiger charge is -2.18. The first-order chi connectivity index (χ1) is 7.51. The molecule has 0 aromatic heterocycles. The van der Waals surface area contributed by atoms with Crippen molar-refractivity contribution in [2.24, 2.45) is 5.73 Å². The molecule has 0 bridgehead atoms. The summed E-state index contributed by atoms with van der Waals surface area (Å²) >= 11 is 3.37. The van der Waals surface area contributed by atoms with Crippen LogP contribution in [0.25, 0.3) is 0 Å². The second-order valence-corrected chi connectivity index (χ2v) is 4.30. The molecule has 1 rings (SSSR count). The summed E-state index contributed by atoms with van der Waals surface area (Å²) in [5.74, 6) is 1.26. The average Bonchev–Trinajstić information content (AvgIpc) is 2.28. The summed E-state index contributed by atoms with van der Waals surface area (Å²) in [5, 5.41) is 9.45. The Bertz CT molecular complexity index is 343. The van der Waals surface area contributed by atoms with Crippen molar-refractivity contribution < 1.29 is 14.6 Å². The van der Waals surface area contributed by atoms with E-state index in [2.05, 4.69) is 15.9 Å². The maximum absolute atomic E-state index is 9.45. The molecule has 5 heteroatoms. The van der Waals surface area contributed by atoms with Crippen LogP contribution in [-0.4, -0.2) is 25.4 Å². The van der Waals surface area contributed by atoms with Gasteiger partial charge in [0.25, 0.3) is 0 Å². The van der Waals surface area contributed by atoms with E-state index in [9.17, 15) is 5.11 Å². The first-order valence-corrected chi connectivity index (χ1v) is 5.65. The SMILES string of the molecule is COc1cc([C@H](N)[C@@H](C)O)cc(OC)c1Br.